The van der Waals surface area contributed by atoms with Crippen LogP contribution in [0, 0.1) is 17.1 Å². The van der Waals surface area contributed by atoms with Crippen molar-refractivity contribution >= 4 is 33.0 Å². The molecule has 0 saturated carbocycles. The average Bonchev–Trinajstić information content (AvgIpc) is 2.45. The van der Waals surface area contributed by atoms with Crippen LogP contribution in [0.1, 0.15) is 5.56 Å². The lowest BCUT2D eigenvalue weighted by Crippen LogP contribution is -1.81. The molecule has 0 saturated heterocycles. The van der Waals surface area contributed by atoms with E-state index >= 15 is 0 Å². The lowest BCUT2D eigenvalue weighted by Gasteiger charge is -1.93. The number of fused-ring (bicyclic) bond motifs is 1. The fourth-order valence-electron chi connectivity index (χ4n) is 1.17. The predicted octanol–water partition coefficient (Wildman–Crippen LogP) is 3.57. The van der Waals surface area contributed by atoms with E-state index in [-0.39, 0.29) is 5.56 Å². The second-order valence-corrected chi connectivity index (χ2v) is 4.21. The SMILES string of the molecule is N#Cc1c(F)ccc2sc(Cl)cc12. The lowest BCUT2D eigenvalue weighted by atomic mass is 10.1. The van der Waals surface area contributed by atoms with Crippen LogP contribution in [0.5, 0.6) is 0 Å². The Kier molecular flexibility index (Phi) is 1.95. The van der Waals surface area contributed by atoms with Crippen LogP contribution in [-0.2, 0) is 0 Å². The maximum atomic E-state index is 13.1. The first-order chi connectivity index (χ1) is 6.22. The van der Waals surface area contributed by atoms with Gasteiger partial charge >= 0.3 is 0 Å². The van der Waals surface area contributed by atoms with Crippen LogP contribution in [0.25, 0.3) is 10.1 Å². The molecule has 4 heteroatoms. The Bertz CT molecular complexity index is 512. The monoisotopic (exact) mass is 211 g/mol. The number of hydrogen-bond acceptors (Lipinski definition) is 2. The van der Waals surface area contributed by atoms with Crippen molar-refractivity contribution in [3.05, 3.63) is 33.9 Å². The first kappa shape index (κ1) is 8.49. The van der Waals surface area contributed by atoms with Gasteiger partial charge in [-0.15, -0.1) is 11.3 Å². The van der Waals surface area contributed by atoms with E-state index in [0.29, 0.717) is 9.72 Å². The number of nitrogens with zero attached hydrogens (tertiary/aromatic N) is 1. The third-order valence-corrected chi connectivity index (χ3v) is 2.96. The van der Waals surface area contributed by atoms with E-state index in [1.165, 1.54) is 17.4 Å². The van der Waals surface area contributed by atoms with Gasteiger partial charge in [-0.05, 0) is 18.2 Å². The zero-order chi connectivity index (χ0) is 9.42. The molecule has 1 aromatic heterocycles. The zero-order valence-electron chi connectivity index (χ0n) is 6.34. The second-order valence-electron chi connectivity index (χ2n) is 2.50. The van der Waals surface area contributed by atoms with E-state index in [2.05, 4.69) is 0 Å². The third-order valence-electron chi connectivity index (χ3n) is 1.73. The van der Waals surface area contributed by atoms with Crippen molar-refractivity contribution in [1.29, 1.82) is 5.26 Å². The third kappa shape index (κ3) is 1.28. The molecule has 2 rings (SSSR count). The number of nitriles is 1. The summed E-state index contributed by atoms with van der Waals surface area (Å²) in [6.45, 7) is 0. The molecule has 0 N–H and O–H groups in total. The predicted molar refractivity (Wildman–Crippen MR) is 51.5 cm³/mol. The van der Waals surface area contributed by atoms with Crippen molar-refractivity contribution in [2.24, 2.45) is 0 Å². The average molecular weight is 212 g/mol. The zero-order valence-corrected chi connectivity index (χ0v) is 7.92. The Hall–Kier alpha value is -1.11. The van der Waals surface area contributed by atoms with E-state index in [1.54, 1.807) is 12.1 Å². The number of hydrogen-bond donors (Lipinski definition) is 0. The van der Waals surface area contributed by atoms with Gasteiger partial charge in [0.1, 0.15) is 11.9 Å². The largest absolute Gasteiger partial charge is 0.206 e. The van der Waals surface area contributed by atoms with Crippen molar-refractivity contribution in [1.82, 2.24) is 0 Å². The number of halogens is 2. The molecule has 0 radical (unpaired) electrons. The fraction of sp³-hybridized carbons (Fsp3) is 0. The highest BCUT2D eigenvalue weighted by atomic mass is 35.5. The van der Waals surface area contributed by atoms with Crippen LogP contribution >= 0.6 is 22.9 Å². The topological polar surface area (TPSA) is 23.8 Å². The Morgan fingerprint density at radius 3 is 2.92 bits per heavy atom. The van der Waals surface area contributed by atoms with Crippen LogP contribution in [-0.4, -0.2) is 0 Å². The molecule has 0 aliphatic heterocycles. The Morgan fingerprint density at radius 1 is 1.46 bits per heavy atom. The van der Waals surface area contributed by atoms with Crippen molar-refractivity contribution < 1.29 is 4.39 Å². The molecular weight excluding hydrogens is 209 g/mol. The Balaban J connectivity index is 2.93. The number of thiophene rings is 1. The van der Waals surface area contributed by atoms with Gasteiger partial charge in [-0.2, -0.15) is 5.26 Å². The van der Waals surface area contributed by atoms with Gasteiger partial charge in [0.05, 0.1) is 9.90 Å². The molecule has 0 spiro atoms. The molecule has 1 nitrogen and oxygen atoms in total. The summed E-state index contributed by atoms with van der Waals surface area (Å²) in [6, 6.07) is 6.35. The van der Waals surface area contributed by atoms with Crippen LogP contribution < -0.4 is 0 Å². The summed E-state index contributed by atoms with van der Waals surface area (Å²) in [5, 5.41) is 9.29. The van der Waals surface area contributed by atoms with E-state index in [9.17, 15) is 4.39 Å². The summed E-state index contributed by atoms with van der Waals surface area (Å²) in [6.07, 6.45) is 0. The maximum absolute atomic E-state index is 13.1. The maximum Gasteiger partial charge on any atom is 0.141 e. The molecule has 64 valence electrons. The molecule has 13 heavy (non-hydrogen) atoms. The smallest absolute Gasteiger partial charge is 0.141 e. The quantitative estimate of drug-likeness (QED) is 0.654. The van der Waals surface area contributed by atoms with Gasteiger partial charge in [0.15, 0.2) is 0 Å². The van der Waals surface area contributed by atoms with E-state index in [1.807, 2.05) is 6.07 Å². The molecule has 0 unspecified atom stereocenters. The second kappa shape index (κ2) is 2.99. The minimum atomic E-state index is -0.496. The molecule has 0 aliphatic carbocycles. The highest BCUT2D eigenvalue weighted by molar-refractivity contribution is 7.22. The van der Waals surface area contributed by atoms with E-state index < -0.39 is 5.82 Å². The van der Waals surface area contributed by atoms with Gasteiger partial charge in [-0.3, -0.25) is 0 Å². The summed E-state index contributed by atoms with van der Waals surface area (Å²) >= 11 is 7.09. The summed E-state index contributed by atoms with van der Waals surface area (Å²) < 4.78 is 14.5. The lowest BCUT2D eigenvalue weighted by molar-refractivity contribution is 0.626. The van der Waals surface area contributed by atoms with Gasteiger partial charge in [-0.25, -0.2) is 4.39 Å². The van der Waals surface area contributed by atoms with Gasteiger partial charge in [0, 0.05) is 10.1 Å². The van der Waals surface area contributed by atoms with Gasteiger partial charge in [0.25, 0.3) is 0 Å². The minimum absolute atomic E-state index is 0.0700. The Morgan fingerprint density at radius 2 is 2.23 bits per heavy atom. The van der Waals surface area contributed by atoms with Crippen molar-refractivity contribution in [2.75, 3.05) is 0 Å². The first-order valence-electron chi connectivity index (χ1n) is 3.50. The molecular formula is C9H3ClFNS. The standard InChI is InChI=1S/C9H3ClFNS/c10-9-3-5-6(4-12)7(11)1-2-8(5)13-9/h1-3H. The molecule has 1 aromatic carbocycles. The molecule has 1 heterocycles. The van der Waals surface area contributed by atoms with Crippen LogP contribution in [0.2, 0.25) is 4.34 Å². The van der Waals surface area contributed by atoms with Gasteiger partial charge < -0.3 is 0 Å². The van der Waals surface area contributed by atoms with Gasteiger partial charge in [-0.1, -0.05) is 11.6 Å². The van der Waals surface area contributed by atoms with Crippen molar-refractivity contribution in [2.45, 2.75) is 0 Å². The van der Waals surface area contributed by atoms with E-state index in [0.717, 1.165) is 4.70 Å². The summed E-state index contributed by atoms with van der Waals surface area (Å²) in [5.41, 5.74) is 0.0700. The van der Waals surface area contributed by atoms with Crippen LogP contribution in [0.15, 0.2) is 18.2 Å². The van der Waals surface area contributed by atoms with Crippen LogP contribution in [0.3, 0.4) is 0 Å². The summed E-state index contributed by atoms with van der Waals surface area (Å²) in [7, 11) is 0. The molecule has 0 bridgehead atoms. The van der Waals surface area contributed by atoms with Crippen molar-refractivity contribution in [3.8, 4) is 6.07 Å². The number of benzene rings is 1. The fourth-order valence-corrected chi connectivity index (χ4v) is 2.32. The summed E-state index contributed by atoms with van der Waals surface area (Å²) in [5.74, 6) is -0.496. The Labute approximate surface area is 83.0 Å². The highest BCUT2D eigenvalue weighted by Crippen LogP contribution is 2.32. The molecule has 0 amide bonds. The first-order valence-corrected chi connectivity index (χ1v) is 4.69. The minimum Gasteiger partial charge on any atom is -0.206 e. The summed E-state index contributed by atoms with van der Waals surface area (Å²) in [4.78, 5) is 0. The van der Waals surface area contributed by atoms with Gasteiger partial charge in [0.2, 0.25) is 0 Å². The van der Waals surface area contributed by atoms with Crippen LogP contribution in [0.4, 0.5) is 4.39 Å². The number of rotatable bonds is 0. The highest BCUT2D eigenvalue weighted by Gasteiger charge is 2.09. The molecule has 0 atom stereocenters. The molecule has 2 aromatic rings. The molecule has 0 aliphatic rings. The normalized spacial score (nSPS) is 10.2. The van der Waals surface area contributed by atoms with Crippen molar-refractivity contribution in [3.63, 3.8) is 0 Å². The van der Waals surface area contributed by atoms with E-state index in [4.69, 9.17) is 16.9 Å². The molecule has 0 fully saturated rings.